The Morgan fingerprint density at radius 1 is 1.23 bits per heavy atom. The maximum atomic E-state index is 9.03. The smallest absolute Gasteiger partial charge is 0.246 e. The normalized spacial score (nSPS) is 13.2. The van der Waals surface area contributed by atoms with Crippen molar-refractivity contribution in [3.05, 3.63) is 0 Å². The molecule has 0 aliphatic rings. The first kappa shape index (κ1) is 14.1. The Hall–Kier alpha value is 1.05. The standard InChI is InChI=1S/C8H19O2PS2/c1-2-3-4-5-6-7-8-10-11(9)13-12/h9,12H,2-8H2,1H3. The maximum absolute atomic E-state index is 9.03. The molecule has 5 heteroatoms. The molecule has 2 nitrogen and oxygen atoms in total. The van der Waals surface area contributed by atoms with E-state index in [0.29, 0.717) is 6.61 Å². The van der Waals surface area contributed by atoms with Crippen LogP contribution in [0.3, 0.4) is 0 Å². The Bertz CT molecular complexity index is 106. The van der Waals surface area contributed by atoms with Crippen molar-refractivity contribution in [1.82, 2.24) is 0 Å². The van der Waals surface area contributed by atoms with Crippen molar-refractivity contribution in [1.29, 1.82) is 0 Å². The minimum absolute atomic E-state index is 0.669. The molecule has 0 fully saturated rings. The second-order valence-electron chi connectivity index (χ2n) is 2.92. The quantitative estimate of drug-likeness (QED) is 0.275. The van der Waals surface area contributed by atoms with Gasteiger partial charge in [0.1, 0.15) is 0 Å². The first-order valence-electron chi connectivity index (χ1n) is 4.74. The summed E-state index contributed by atoms with van der Waals surface area (Å²) < 4.78 is 5.10. The summed E-state index contributed by atoms with van der Waals surface area (Å²) >= 11 is 3.86. The first-order valence-corrected chi connectivity index (χ1v) is 8.43. The van der Waals surface area contributed by atoms with Gasteiger partial charge in [-0.3, -0.25) is 0 Å². The highest BCUT2D eigenvalue weighted by Gasteiger charge is 2.01. The van der Waals surface area contributed by atoms with E-state index >= 15 is 0 Å². The molecule has 1 N–H and O–H groups in total. The van der Waals surface area contributed by atoms with E-state index in [1.165, 1.54) is 32.1 Å². The molecule has 0 rings (SSSR count). The predicted molar refractivity (Wildman–Crippen MR) is 65.0 cm³/mol. The number of unbranched alkanes of at least 4 members (excludes halogenated alkanes) is 5. The third-order valence-corrected chi connectivity index (χ3v) is 4.31. The molecule has 0 amide bonds. The van der Waals surface area contributed by atoms with Gasteiger partial charge in [0, 0.05) is 0 Å². The van der Waals surface area contributed by atoms with Crippen LogP contribution in [-0.4, -0.2) is 11.5 Å². The van der Waals surface area contributed by atoms with E-state index in [-0.39, 0.29) is 0 Å². The highest BCUT2D eigenvalue weighted by atomic mass is 33.3. The highest BCUT2D eigenvalue weighted by Crippen LogP contribution is 2.48. The lowest BCUT2D eigenvalue weighted by Crippen LogP contribution is -1.87. The van der Waals surface area contributed by atoms with Gasteiger partial charge in [-0.25, -0.2) is 0 Å². The lowest BCUT2D eigenvalue weighted by atomic mass is 10.1. The van der Waals surface area contributed by atoms with Crippen LogP contribution in [0.1, 0.15) is 45.4 Å². The van der Waals surface area contributed by atoms with Crippen molar-refractivity contribution >= 4 is 29.7 Å². The van der Waals surface area contributed by atoms with Gasteiger partial charge in [0.15, 0.2) is 0 Å². The first-order chi connectivity index (χ1) is 6.31. The molecular weight excluding hydrogens is 223 g/mol. The molecule has 0 aromatic carbocycles. The van der Waals surface area contributed by atoms with Gasteiger partial charge in [-0.15, -0.1) is 11.7 Å². The summed E-state index contributed by atoms with van der Waals surface area (Å²) in [6.45, 7) is 2.88. The highest BCUT2D eigenvalue weighted by molar-refractivity contribution is 8.92. The number of thiol groups is 1. The number of rotatable bonds is 9. The summed E-state index contributed by atoms with van der Waals surface area (Å²) in [6, 6.07) is 0. The Morgan fingerprint density at radius 2 is 1.85 bits per heavy atom. The van der Waals surface area contributed by atoms with E-state index in [9.17, 15) is 0 Å². The minimum Gasteiger partial charge on any atom is -0.341 e. The van der Waals surface area contributed by atoms with Crippen LogP contribution in [0.5, 0.6) is 0 Å². The van der Waals surface area contributed by atoms with Gasteiger partial charge in [0.05, 0.1) is 6.61 Å². The van der Waals surface area contributed by atoms with Crippen LogP contribution in [0.15, 0.2) is 0 Å². The summed E-state index contributed by atoms with van der Waals surface area (Å²) in [6.07, 6.45) is 7.49. The van der Waals surface area contributed by atoms with Gasteiger partial charge >= 0.3 is 0 Å². The van der Waals surface area contributed by atoms with Crippen molar-refractivity contribution in [3.63, 3.8) is 0 Å². The molecule has 0 bridgehead atoms. The van der Waals surface area contributed by atoms with Crippen molar-refractivity contribution < 1.29 is 9.42 Å². The molecule has 0 aliphatic heterocycles. The average Bonchev–Trinajstić information content (AvgIpc) is 2.16. The molecule has 0 aromatic heterocycles. The van der Waals surface area contributed by atoms with Crippen LogP contribution in [-0.2, 0) is 4.52 Å². The van der Waals surface area contributed by atoms with Gasteiger partial charge in [0.2, 0.25) is 7.58 Å². The largest absolute Gasteiger partial charge is 0.341 e. The topological polar surface area (TPSA) is 29.5 Å². The van der Waals surface area contributed by atoms with E-state index in [1.807, 2.05) is 0 Å². The van der Waals surface area contributed by atoms with Gasteiger partial charge in [-0.1, -0.05) is 39.0 Å². The molecule has 0 spiro atoms. The van der Waals surface area contributed by atoms with Crippen LogP contribution in [0.25, 0.3) is 0 Å². The Balaban J connectivity index is 2.91. The zero-order valence-electron chi connectivity index (χ0n) is 8.11. The van der Waals surface area contributed by atoms with Crippen molar-refractivity contribution in [2.75, 3.05) is 6.61 Å². The molecule has 0 saturated carbocycles. The van der Waals surface area contributed by atoms with Crippen molar-refractivity contribution in [2.24, 2.45) is 0 Å². The van der Waals surface area contributed by atoms with E-state index in [2.05, 4.69) is 18.6 Å². The lowest BCUT2D eigenvalue weighted by molar-refractivity contribution is 0.309. The second-order valence-corrected chi connectivity index (χ2v) is 6.71. The molecule has 1 atom stereocenters. The molecule has 0 saturated heterocycles. The van der Waals surface area contributed by atoms with Crippen LogP contribution >= 0.6 is 29.7 Å². The van der Waals surface area contributed by atoms with Crippen LogP contribution in [0, 0.1) is 0 Å². The molecule has 13 heavy (non-hydrogen) atoms. The third kappa shape index (κ3) is 11.0. The number of hydrogen-bond donors (Lipinski definition) is 2. The predicted octanol–water partition coefficient (Wildman–Crippen LogP) is 4.16. The van der Waals surface area contributed by atoms with Gasteiger partial charge < -0.3 is 9.42 Å². The van der Waals surface area contributed by atoms with Crippen molar-refractivity contribution in [2.45, 2.75) is 45.4 Å². The summed E-state index contributed by atoms with van der Waals surface area (Å²) in [5.41, 5.74) is 0. The monoisotopic (exact) mass is 242 g/mol. The summed E-state index contributed by atoms with van der Waals surface area (Å²) in [4.78, 5) is 9.03. The second kappa shape index (κ2) is 11.1. The van der Waals surface area contributed by atoms with E-state index in [4.69, 9.17) is 9.42 Å². The molecule has 80 valence electrons. The lowest BCUT2D eigenvalue weighted by Gasteiger charge is -2.06. The van der Waals surface area contributed by atoms with Gasteiger partial charge in [-0.2, -0.15) is 0 Å². The summed E-state index contributed by atoms with van der Waals surface area (Å²) in [7, 11) is -0.236. The average molecular weight is 242 g/mol. The van der Waals surface area contributed by atoms with Gasteiger partial charge in [0.25, 0.3) is 0 Å². The zero-order chi connectivity index (χ0) is 9.94. The Morgan fingerprint density at radius 3 is 2.46 bits per heavy atom. The number of hydrogen-bond acceptors (Lipinski definition) is 4. The summed E-state index contributed by atoms with van der Waals surface area (Å²) in [5.74, 6) is 0. The third-order valence-electron chi connectivity index (χ3n) is 1.77. The zero-order valence-corrected chi connectivity index (χ0v) is 10.7. The van der Waals surface area contributed by atoms with Crippen LogP contribution in [0.2, 0.25) is 0 Å². The molecule has 0 aromatic rings. The maximum Gasteiger partial charge on any atom is 0.246 e. The SMILES string of the molecule is CCCCCCCCOP(O)SS. The van der Waals surface area contributed by atoms with Crippen molar-refractivity contribution in [3.8, 4) is 0 Å². The van der Waals surface area contributed by atoms with Crippen LogP contribution < -0.4 is 0 Å². The Kier molecular flexibility index (Phi) is 12.0. The van der Waals surface area contributed by atoms with E-state index in [1.54, 1.807) is 0 Å². The molecule has 0 aliphatic carbocycles. The van der Waals surface area contributed by atoms with E-state index in [0.717, 1.165) is 16.8 Å². The van der Waals surface area contributed by atoms with Crippen LogP contribution in [0.4, 0.5) is 0 Å². The fraction of sp³-hybridized carbons (Fsp3) is 1.00. The Labute approximate surface area is 91.3 Å². The fourth-order valence-corrected chi connectivity index (χ4v) is 2.17. The molecular formula is C8H19O2PS2. The minimum atomic E-state index is -1.33. The van der Waals surface area contributed by atoms with E-state index < -0.39 is 7.58 Å². The molecule has 0 heterocycles. The molecule has 0 radical (unpaired) electrons. The van der Waals surface area contributed by atoms with Gasteiger partial charge in [-0.05, 0) is 16.8 Å². The molecule has 1 unspecified atom stereocenters. The summed E-state index contributed by atoms with van der Waals surface area (Å²) in [5, 5.41) is 0. The fourth-order valence-electron chi connectivity index (χ4n) is 1.05.